The molecule has 1 aliphatic rings. The number of rotatable bonds is 1. The van der Waals surface area contributed by atoms with Crippen molar-refractivity contribution in [2.75, 3.05) is 23.5 Å². The molecule has 0 atom stereocenters. The summed E-state index contributed by atoms with van der Waals surface area (Å²) in [5, 5.41) is 0. The second-order valence-corrected chi connectivity index (χ2v) is 4.09. The van der Waals surface area contributed by atoms with E-state index in [0.29, 0.717) is 0 Å². The molecule has 0 bridgehead atoms. The zero-order valence-electron chi connectivity index (χ0n) is 11.3. The Bertz CT molecular complexity index is 493. The maximum atomic E-state index is 2.33. The topological polar surface area (TPSA) is 6.48 Å². The van der Waals surface area contributed by atoms with Crippen molar-refractivity contribution in [1.82, 2.24) is 0 Å². The summed E-state index contributed by atoms with van der Waals surface area (Å²) in [4.78, 5) is 4.59. The number of hydrogen-bond donors (Lipinski definition) is 0. The molecule has 0 spiro atoms. The van der Waals surface area contributed by atoms with Gasteiger partial charge in [0, 0.05) is 12.7 Å². The van der Waals surface area contributed by atoms with Gasteiger partial charge >= 0.3 is 0 Å². The van der Waals surface area contributed by atoms with Gasteiger partial charge in [0.1, 0.15) is 0 Å². The maximum absolute atomic E-state index is 2.33. The standard InChI is InChI=1S/C14H14N2.C2H6/c1-15-11-16(12-7-3-2-4-8-12)14-10-6-5-9-13(14)15;1-2/h2-10H,11H2,1H3;1-2H3. The van der Waals surface area contributed by atoms with E-state index in [1.807, 2.05) is 13.8 Å². The van der Waals surface area contributed by atoms with Crippen LogP contribution in [0.3, 0.4) is 0 Å². The monoisotopic (exact) mass is 240 g/mol. The minimum absolute atomic E-state index is 0.920. The molecule has 2 aromatic carbocycles. The Balaban J connectivity index is 0.000000574. The van der Waals surface area contributed by atoms with Crippen molar-refractivity contribution < 1.29 is 0 Å². The molecule has 18 heavy (non-hydrogen) atoms. The first-order valence-corrected chi connectivity index (χ1v) is 6.49. The molecule has 0 N–H and O–H groups in total. The lowest BCUT2D eigenvalue weighted by atomic mass is 10.2. The molecule has 0 radical (unpaired) electrons. The van der Waals surface area contributed by atoms with Gasteiger partial charge in [0.15, 0.2) is 0 Å². The lowest BCUT2D eigenvalue weighted by molar-refractivity contribution is 0.950. The molecule has 0 saturated carbocycles. The molecule has 2 aromatic rings. The van der Waals surface area contributed by atoms with Crippen LogP contribution in [0.1, 0.15) is 13.8 Å². The van der Waals surface area contributed by atoms with E-state index in [1.165, 1.54) is 17.1 Å². The lowest BCUT2D eigenvalue weighted by Crippen LogP contribution is -2.23. The quantitative estimate of drug-likeness (QED) is 0.735. The van der Waals surface area contributed by atoms with Crippen LogP contribution in [-0.4, -0.2) is 13.7 Å². The summed E-state index contributed by atoms with van der Waals surface area (Å²) in [5.74, 6) is 0. The van der Waals surface area contributed by atoms with Crippen LogP contribution in [0.15, 0.2) is 54.6 Å². The first kappa shape index (κ1) is 12.5. The Morgan fingerprint density at radius 1 is 0.778 bits per heavy atom. The fraction of sp³-hybridized carbons (Fsp3) is 0.250. The Morgan fingerprint density at radius 3 is 2.00 bits per heavy atom. The lowest BCUT2D eigenvalue weighted by Gasteiger charge is -2.19. The summed E-state index contributed by atoms with van der Waals surface area (Å²) >= 11 is 0. The molecule has 1 heterocycles. The van der Waals surface area contributed by atoms with E-state index in [2.05, 4.69) is 71.4 Å². The fourth-order valence-electron chi connectivity index (χ4n) is 2.21. The molecule has 0 amide bonds. The summed E-state index contributed by atoms with van der Waals surface area (Å²) in [6.45, 7) is 4.92. The Morgan fingerprint density at radius 2 is 1.33 bits per heavy atom. The molecular formula is C16H20N2. The Kier molecular flexibility index (Phi) is 3.88. The molecule has 0 saturated heterocycles. The largest absolute Gasteiger partial charge is 0.355 e. The number of benzene rings is 2. The molecule has 3 rings (SSSR count). The van der Waals surface area contributed by atoms with Crippen LogP contribution >= 0.6 is 0 Å². The van der Waals surface area contributed by atoms with E-state index in [-0.39, 0.29) is 0 Å². The predicted molar refractivity (Wildman–Crippen MR) is 79.6 cm³/mol. The highest BCUT2D eigenvalue weighted by Crippen LogP contribution is 2.38. The average Bonchev–Trinajstić information content (AvgIpc) is 2.80. The van der Waals surface area contributed by atoms with Crippen molar-refractivity contribution in [3.63, 3.8) is 0 Å². The van der Waals surface area contributed by atoms with Gasteiger partial charge in [-0.3, -0.25) is 0 Å². The first-order valence-electron chi connectivity index (χ1n) is 6.49. The molecule has 0 aromatic heterocycles. The highest BCUT2D eigenvalue weighted by Gasteiger charge is 2.23. The van der Waals surface area contributed by atoms with Crippen molar-refractivity contribution in [1.29, 1.82) is 0 Å². The minimum atomic E-state index is 0.920. The molecule has 1 aliphatic heterocycles. The molecule has 0 aliphatic carbocycles. The number of para-hydroxylation sites is 3. The van der Waals surface area contributed by atoms with Crippen LogP contribution in [0.2, 0.25) is 0 Å². The number of nitrogens with zero attached hydrogens (tertiary/aromatic N) is 2. The van der Waals surface area contributed by atoms with E-state index in [1.54, 1.807) is 0 Å². The van der Waals surface area contributed by atoms with Crippen LogP contribution in [0.5, 0.6) is 0 Å². The van der Waals surface area contributed by atoms with Crippen molar-refractivity contribution in [2.24, 2.45) is 0 Å². The Hall–Kier alpha value is -1.96. The molecule has 94 valence electrons. The van der Waals surface area contributed by atoms with E-state index in [0.717, 1.165) is 6.67 Å². The van der Waals surface area contributed by atoms with Crippen molar-refractivity contribution in [3.8, 4) is 0 Å². The van der Waals surface area contributed by atoms with Crippen LogP contribution in [0.4, 0.5) is 17.1 Å². The van der Waals surface area contributed by atoms with Gasteiger partial charge in [-0.2, -0.15) is 0 Å². The third-order valence-electron chi connectivity index (χ3n) is 3.01. The van der Waals surface area contributed by atoms with Crippen LogP contribution < -0.4 is 9.80 Å². The molecule has 2 nitrogen and oxygen atoms in total. The highest BCUT2D eigenvalue weighted by atomic mass is 15.4. The van der Waals surface area contributed by atoms with Crippen molar-refractivity contribution in [2.45, 2.75) is 13.8 Å². The molecular weight excluding hydrogens is 220 g/mol. The van der Waals surface area contributed by atoms with Crippen LogP contribution in [0, 0.1) is 0 Å². The number of hydrogen-bond acceptors (Lipinski definition) is 2. The predicted octanol–water partition coefficient (Wildman–Crippen LogP) is 4.26. The summed E-state index contributed by atoms with van der Waals surface area (Å²) in [6, 6.07) is 19.0. The Labute approximate surface area is 109 Å². The van der Waals surface area contributed by atoms with Gasteiger partial charge in [-0.1, -0.05) is 44.2 Å². The second kappa shape index (κ2) is 5.58. The van der Waals surface area contributed by atoms with Gasteiger partial charge in [-0.05, 0) is 24.3 Å². The second-order valence-electron chi connectivity index (χ2n) is 4.09. The number of anilines is 3. The SMILES string of the molecule is CC.CN1CN(c2ccccc2)c2ccccc21. The van der Waals surface area contributed by atoms with Gasteiger partial charge in [0.25, 0.3) is 0 Å². The van der Waals surface area contributed by atoms with Gasteiger partial charge in [0.05, 0.1) is 18.0 Å². The summed E-state index contributed by atoms with van der Waals surface area (Å²) < 4.78 is 0. The molecule has 0 unspecified atom stereocenters. The summed E-state index contributed by atoms with van der Waals surface area (Å²) in [6.07, 6.45) is 0. The summed E-state index contributed by atoms with van der Waals surface area (Å²) in [7, 11) is 2.13. The van der Waals surface area contributed by atoms with Gasteiger partial charge < -0.3 is 9.80 Å². The van der Waals surface area contributed by atoms with Crippen molar-refractivity contribution in [3.05, 3.63) is 54.6 Å². The molecule has 0 fully saturated rings. The van der Waals surface area contributed by atoms with E-state index in [4.69, 9.17) is 0 Å². The van der Waals surface area contributed by atoms with Crippen molar-refractivity contribution >= 4 is 17.1 Å². The normalized spacial score (nSPS) is 12.8. The highest BCUT2D eigenvalue weighted by molar-refractivity contribution is 5.81. The zero-order chi connectivity index (χ0) is 13.0. The van der Waals surface area contributed by atoms with E-state index < -0.39 is 0 Å². The van der Waals surface area contributed by atoms with E-state index >= 15 is 0 Å². The van der Waals surface area contributed by atoms with Crippen LogP contribution in [0.25, 0.3) is 0 Å². The average molecular weight is 240 g/mol. The van der Waals surface area contributed by atoms with Gasteiger partial charge in [-0.15, -0.1) is 0 Å². The first-order chi connectivity index (χ1) is 8.86. The smallest absolute Gasteiger partial charge is 0.0950 e. The summed E-state index contributed by atoms with van der Waals surface area (Å²) in [5.41, 5.74) is 3.84. The van der Waals surface area contributed by atoms with Gasteiger partial charge in [0.2, 0.25) is 0 Å². The van der Waals surface area contributed by atoms with Crippen LogP contribution in [-0.2, 0) is 0 Å². The number of fused-ring (bicyclic) bond motifs is 1. The van der Waals surface area contributed by atoms with Gasteiger partial charge in [-0.25, -0.2) is 0 Å². The van der Waals surface area contributed by atoms with E-state index in [9.17, 15) is 0 Å². The zero-order valence-corrected chi connectivity index (χ0v) is 11.3. The fourth-order valence-corrected chi connectivity index (χ4v) is 2.21. The third kappa shape index (κ3) is 2.19. The third-order valence-corrected chi connectivity index (χ3v) is 3.01. The minimum Gasteiger partial charge on any atom is -0.355 e. The maximum Gasteiger partial charge on any atom is 0.0950 e. The molecule has 2 heteroatoms.